The van der Waals surface area contributed by atoms with E-state index < -0.39 is 16.8 Å². The van der Waals surface area contributed by atoms with Gasteiger partial charge in [-0.1, -0.05) is 19.4 Å². The number of nitro benzene ring substituents is 1. The molecule has 2 rings (SSSR count). The SMILES string of the molecule is CCCCOC(=O)c1ccc(NC(=O)c2cccc([N+](=O)[O-])c2C)cc1. The number of benzene rings is 2. The van der Waals surface area contributed by atoms with Gasteiger partial charge in [-0.05, 0) is 43.7 Å². The highest BCUT2D eigenvalue weighted by Gasteiger charge is 2.18. The standard InChI is InChI=1S/C19H20N2O5/c1-3-4-12-26-19(23)14-8-10-15(11-9-14)20-18(22)16-6-5-7-17(13(16)2)21(24)25/h5-11H,3-4,12H2,1-2H3,(H,20,22). The van der Waals surface area contributed by atoms with Crippen molar-refractivity contribution in [2.24, 2.45) is 0 Å². The molecule has 0 aliphatic carbocycles. The first kappa shape index (κ1) is 19.1. The minimum Gasteiger partial charge on any atom is -0.462 e. The van der Waals surface area contributed by atoms with Gasteiger partial charge in [0.05, 0.1) is 17.1 Å². The van der Waals surface area contributed by atoms with Gasteiger partial charge in [-0.15, -0.1) is 0 Å². The van der Waals surface area contributed by atoms with E-state index in [-0.39, 0.29) is 11.3 Å². The number of amides is 1. The summed E-state index contributed by atoms with van der Waals surface area (Å²) in [6.07, 6.45) is 1.75. The molecule has 0 aliphatic rings. The van der Waals surface area contributed by atoms with E-state index in [2.05, 4.69) is 5.32 Å². The topological polar surface area (TPSA) is 98.5 Å². The smallest absolute Gasteiger partial charge is 0.338 e. The molecule has 136 valence electrons. The van der Waals surface area contributed by atoms with Gasteiger partial charge in [-0.3, -0.25) is 14.9 Å². The summed E-state index contributed by atoms with van der Waals surface area (Å²) >= 11 is 0. The van der Waals surface area contributed by atoms with Crippen LogP contribution in [0.15, 0.2) is 42.5 Å². The molecule has 0 bridgehead atoms. The van der Waals surface area contributed by atoms with E-state index in [0.717, 1.165) is 12.8 Å². The first-order valence-corrected chi connectivity index (χ1v) is 8.26. The lowest BCUT2D eigenvalue weighted by atomic mass is 10.1. The maximum atomic E-state index is 12.4. The van der Waals surface area contributed by atoms with Crippen LogP contribution in [0.5, 0.6) is 0 Å². The molecule has 0 aliphatic heterocycles. The minimum atomic E-state index is -0.523. The molecule has 7 nitrogen and oxygen atoms in total. The average Bonchev–Trinajstić information content (AvgIpc) is 2.62. The largest absolute Gasteiger partial charge is 0.462 e. The first-order valence-electron chi connectivity index (χ1n) is 8.26. The third-order valence-electron chi connectivity index (χ3n) is 3.86. The molecule has 26 heavy (non-hydrogen) atoms. The van der Waals surface area contributed by atoms with Crippen LogP contribution in [0.2, 0.25) is 0 Å². The molecule has 0 fully saturated rings. The summed E-state index contributed by atoms with van der Waals surface area (Å²) in [6, 6.07) is 10.6. The van der Waals surface area contributed by atoms with Gasteiger partial charge in [0.25, 0.3) is 11.6 Å². The number of nitrogens with zero attached hydrogens (tertiary/aromatic N) is 1. The van der Waals surface area contributed by atoms with Crippen LogP contribution in [0.1, 0.15) is 46.0 Å². The summed E-state index contributed by atoms with van der Waals surface area (Å²) in [5, 5.41) is 13.7. The van der Waals surface area contributed by atoms with E-state index in [9.17, 15) is 19.7 Å². The Hall–Kier alpha value is -3.22. The van der Waals surface area contributed by atoms with Crippen molar-refractivity contribution in [1.82, 2.24) is 0 Å². The molecule has 0 spiro atoms. The van der Waals surface area contributed by atoms with Crippen molar-refractivity contribution < 1.29 is 19.2 Å². The Kier molecular flexibility index (Phi) is 6.43. The molecule has 2 aromatic rings. The number of unbranched alkanes of at least 4 members (excludes halogenated alkanes) is 1. The maximum Gasteiger partial charge on any atom is 0.338 e. The molecule has 0 atom stereocenters. The number of ether oxygens (including phenoxy) is 1. The minimum absolute atomic E-state index is 0.108. The van der Waals surface area contributed by atoms with E-state index in [0.29, 0.717) is 23.4 Å². The predicted octanol–water partition coefficient (Wildman–Crippen LogP) is 4.11. The third-order valence-corrected chi connectivity index (χ3v) is 3.86. The molecule has 2 aromatic carbocycles. The van der Waals surface area contributed by atoms with Gasteiger partial charge in [-0.2, -0.15) is 0 Å². The average molecular weight is 356 g/mol. The van der Waals surface area contributed by atoms with Crippen LogP contribution in [0.4, 0.5) is 11.4 Å². The van der Waals surface area contributed by atoms with Crippen molar-refractivity contribution in [2.75, 3.05) is 11.9 Å². The summed E-state index contributed by atoms with van der Waals surface area (Å²) in [6.45, 7) is 3.91. The van der Waals surface area contributed by atoms with Gasteiger partial charge in [0, 0.05) is 22.9 Å². The molecule has 0 aromatic heterocycles. The quantitative estimate of drug-likeness (QED) is 0.348. The van der Waals surface area contributed by atoms with Gasteiger partial charge in [0.15, 0.2) is 0 Å². The fraction of sp³-hybridized carbons (Fsp3) is 0.263. The maximum absolute atomic E-state index is 12.4. The van der Waals surface area contributed by atoms with E-state index in [1.807, 2.05) is 6.92 Å². The van der Waals surface area contributed by atoms with Crippen LogP contribution in [0.3, 0.4) is 0 Å². The number of anilines is 1. The summed E-state index contributed by atoms with van der Waals surface area (Å²) in [7, 11) is 0. The van der Waals surface area contributed by atoms with Crippen LogP contribution >= 0.6 is 0 Å². The molecule has 7 heteroatoms. The van der Waals surface area contributed by atoms with Crippen molar-refractivity contribution in [1.29, 1.82) is 0 Å². The van der Waals surface area contributed by atoms with Crippen molar-refractivity contribution in [3.63, 3.8) is 0 Å². The van der Waals surface area contributed by atoms with Gasteiger partial charge >= 0.3 is 5.97 Å². The first-order chi connectivity index (χ1) is 12.4. The van der Waals surface area contributed by atoms with Crippen LogP contribution in [-0.2, 0) is 4.74 Å². The molecule has 0 heterocycles. The Morgan fingerprint density at radius 1 is 1.15 bits per heavy atom. The number of hydrogen-bond acceptors (Lipinski definition) is 5. The van der Waals surface area contributed by atoms with Gasteiger partial charge in [0.2, 0.25) is 0 Å². The Bertz CT molecular complexity index is 815. The Morgan fingerprint density at radius 3 is 2.46 bits per heavy atom. The zero-order valence-corrected chi connectivity index (χ0v) is 14.7. The van der Waals surface area contributed by atoms with E-state index in [4.69, 9.17) is 4.74 Å². The molecule has 1 amide bonds. The second kappa shape index (κ2) is 8.75. The Labute approximate surface area is 151 Å². The second-order valence-corrected chi connectivity index (χ2v) is 5.73. The summed E-state index contributed by atoms with van der Waals surface area (Å²) in [5.41, 5.74) is 1.29. The van der Waals surface area contributed by atoms with Crippen molar-refractivity contribution in [3.05, 3.63) is 69.3 Å². The molecule has 0 saturated heterocycles. The highest BCUT2D eigenvalue weighted by molar-refractivity contribution is 6.06. The molecule has 0 radical (unpaired) electrons. The number of nitro groups is 1. The molecular weight excluding hydrogens is 336 g/mol. The lowest BCUT2D eigenvalue weighted by Crippen LogP contribution is -2.14. The van der Waals surface area contributed by atoms with Crippen LogP contribution < -0.4 is 5.32 Å². The third kappa shape index (κ3) is 4.66. The summed E-state index contributed by atoms with van der Waals surface area (Å²) < 4.78 is 5.12. The van der Waals surface area contributed by atoms with Crippen LogP contribution in [-0.4, -0.2) is 23.4 Å². The van der Waals surface area contributed by atoms with Crippen LogP contribution in [0, 0.1) is 17.0 Å². The number of carbonyl (C=O) groups excluding carboxylic acids is 2. The lowest BCUT2D eigenvalue weighted by molar-refractivity contribution is -0.385. The summed E-state index contributed by atoms with van der Waals surface area (Å²) in [4.78, 5) is 34.7. The normalized spacial score (nSPS) is 10.2. The van der Waals surface area contributed by atoms with E-state index in [1.165, 1.54) is 25.1 Å². The fourth-order valence-corrected chi connectivity index (χ4v) is 2.35. The van der Waals surface area contributed by atoms with Crippen LogP contribution in [0.25, 0.3) is 0 Å². The van der Waals surface area contributed by atoms with Gasteiger partial charge < -0.3 is 10.1 Å². The molecule has 0 unspecified atom stereocenters. The zero-order valence-electron chi connectivity index (χ0n) is 14.7. The van der Waals surface area contributed by atoms with Crippen molar-refractivity contribution in [2.45, 2.75) is 26.7 Å². The zero-order chi connectivity index (χ0) is 19.1. The predicted molar refractivity (Wildman–Crippen MR) is 97.4 cm³/mol. The van der Waals surface area contributed by atoms with E-state index in [1.54, 1.807) is 24.3 Å². The van der Waals surface area contributed by atoms with Gasteiger partial charge in [-0.25, -0.2) is 4.79 Å². The van der Waals surface area contributed by atoms with E-state index >= 15 is 0 Å². The second-order valence-electron chi connectivity index (χ2n) is 5.73. The van der Waals surface area contributed by atoms with Gasteiger partial charge in [0.1, 0.15) is 0 Å². The highest BCUT2D eigenvalue weighted by atomic mass is 16.6. The monoisotopic (exact) mass is 356 g/mol. The molecule has 0 saturated carbocycles. The Morgan fingerprint density at radius 2 is 1.85 bits per heavy atom. The number of esters is 1. The van der Waals surface area contributed by atoms with Crippen molar-refractivity contribution in [3.8, 4) is 0 Å². The number of nitrogens with one attached hydrogen (secondary N) is 1. The Balaban J connectivity index is 2.07. The highest BCUT2D eigenvalue weighted by Crippen LogP contribution is 2.22. The molecular formula is C19H20N2O5. The summed E-state index contributed by atoms with van der Waals surface area (Å²) in [5.74, 6) is -0.865. The number of carbonyl (C=O) groups is 2. The number of rotatable bonds is 7. The lowest BCUT2D eigenvalue weighted by Gasteiger charge is -2.09. The molecule has 1 N–H and O–H groups in total. The number of hydrogen-bond donors (Lipinski definition) is 1. The van der Waals surface area contributed by atoms with Crippen molar-refractivity contribution >= 4 is 23.3 Å². The fourth-order valence-electron chi connectivity index (χ4n) is 2.35.